The van der Waals surface area contributed by atoms with Gasteiger partial charge in [0.25, 0.3) is 0 Å². The van der Waals surface area contributed by atoms with Crippen molar-refractivity contribution in [2.24, 2.45) is 0 Å². The molecule has 1 aromatic heterocycles. The number of hydrogen-bond donors (Lipinski definition) is 1. The van der Waals surface area contributed by atoms with E-state index in [0.717, 1.165) is 6.07 Å². The summed E-state index contributed by atoms with van der Waals surface area (Å²) in [4.78, 5) is 3.77. The highest BCUT2D eigenvalue weighted by atomic mass is 32.1. The Balaban J connectivity index is 2.99. The molecule has 13 heavy (non-hydrogen) atoms. The molecule has 3 nitrogen and oxygen atoms in total. The minimum absolute atomic E-state index is 0.00782. The molecule has 0 aromatic carbocycles. The predicted molar refractivity (Wildman–Crippen MR) is 42.8 cm³/mol. The highest BCUT2D eigenvalue weighted by Gasteiger charge is 2.08. The summed E-state index contributed by atoms with van der Waals surface area (Å²) in [7, 11) is 0. The second kappa shape index (κ2) is 4.05. The van der Waals surface area contributed by atoms with Crippen molar-refractivity contribution in [3.05, 3.63) is 18.0 Å². The third-order valence-electron chi connectivity index (χ3n) is 1.18. The van der Waals surface area contributed by atoms with Crippen LogP contribution in [0.25, 0.3) is 0 Å². The van der Waals surface area contributed by atoms with Crippen LogP contribution < -0.4 is 4.74 Å². The fourth-order valence-corrected chi connectivity index (χ4v) is 0.856. The number of pyridine rings is 1. The molecule has 0 amide bonds. The molecule has 0 aliphatic carbocycles. The summed E-state index contributed by atoms with van der Waals surface area (Å²) in [5.41, 5.74) is 0.00782. The molecular weight excluding hydrogens is 198 g/mol. The van der Waals surface area contributed by atoms with Gasteiger partial charge in [-0.05, 0) is 0 Å². The fraction of sp³-hybridized carbons (Fsp3) is 0.143. The van der Waals surface area contributed by atoms with Crippen LogP contribution in [0.5, 0.6) is 5.75 Å². The Morgan fingerprint density at radius 2 is 2.31 bits per heavy atom. The Morgan fingerprint density at radius 1 is 1.62 bits per heavy atom. The summed E-state index contributed by atoms with van der Waals surface area (Å²) in [6, 6.07) is 2.80. The monoisotopic (exact) mass is 202 g/mol. The van der Waals surface area contributed by atoms with Gasteiger partial charge in [-0.25, -0.2) is 4.98 Å². The average Bonchev–Trinajstić information content (AvgIpc) is 2.08. The van der Waals surface area contributed by atoms with Gasteiger partial charge in [-0.1, -0.05) is 0 Å². The van der Waals surface area contributed by atoms with Crippen LogP contribution in [-0.2, 0) is 0 Å². The van der Waals surface area contributed by atoms with Gasteiger partial charge in [0.05, 0.1) is 4.90 Å². The van der Waals surface area contributed by atoms with E-state index in [1.807, 2.05) is 0 Å². The van der Waals surface area contributed by atoms with Crippen molar-refractivity contribution in [3.8, 4) is 11.8 Å². The fourth-order valence-electron chi connectivity index (χ4n) is 0.681. The maximum atomic E-state index is 11.8. The summed E-state index contributed by atoms with van der Waals surface area (Å²) in [5, 5.41) is 8.41. The number of rotatable bonds is 2. The van der Waals surface area contributed by atoms with Gasteiger partial charge < -0.3 is 4.74 Å². The van der Waals surface area contributed by atoms with Crippen molar-refractivity contribution in [2.75, 3.05) is 0 Å². The predicted octanol–water partition coefficient (Wildman–Crippen LogP) is 1.84. The van der Waals surface area contributed by atoms with Crippen molar-refractivity contribution in [2.45, 2.75) is 11.5 Å². The lowest BCUT2D eigenvalue weighted by atomic mass is 10.3. The standard InChI is InChI=1S/C7H4F2N2OS/c8-7(9)12-5-1-4(2-10)11-3-6(5)13/h1,3,7,13H. The van der Waals surface area contributed by atoms with E-state index in [2.05, 4.69) is 22.3 Å². The van der Waals surface area contributed by atoms with E-state index in [9.17, 15) is 8.78 Å². The van der Waals surface area contributed by atoms with E-state index in [0.29, 0.717) is 0 Å². The zero-order valence-electron chi connectivity index (χ0n) is 6.24. The van der Waals surface area contributed by atoms with Crippen LogP contribution in [0.1, 0.15) is 5.69 Å². The van der Waals surface area contributed by atoms with Crippen LogP contribution in [0.15, 0.2) is 17.2 Å². The van der Waals surface area contributed by atoms with Gasteiger partial charge in [0.2, 0.25) is 0 Å². The quantitative estimate of drug-likeness (QED) is 0.744. The number of nitrogens with zero attached hydrogens (tertiary/aromatic N) is 2. The Bertz CT molecular complexity index is 351. The van der Waals surface area contributed by atoms with Crippen molar-refractivity contribution in [1.82, 2.24) is 4.98 Å². The van der Waals surface area contributed by atoms with Gasteiger partial charge in [0, 0.05) is 12.3 Å². The first kappa shape index (κ1) is 9.74. The molecule has 6 heteroatoms. The lowest BCUT2D eigenvalue weighted by molar-refractivity contribution is -0.0517. The van der Waals surface area contributed by atoms with Crippen molar-refractivity contribution < 1.29 is 13.5 Å². The van der Waals surface area contributed by atoms with Crippen molar-refractivity contribution in [3.63, 3.8) is 0 Å². The Kier molecular flexibility index (Phi) is 3.03. The van der Waals surface area contributed by atoms with Crippen LogP contribution in [0.3, 0.4) is 0 Å². The van der Waals surface area contributed by atoms with Gasteiger partial charge in [-0.2, -0.15) is 14.0 Å². The van der Waals surface area contributed by atoms with E-state index < -0.39 is 6.61 Å². The zero-order chi connectivity index (χ0) is 9.84. The molecule has 1 heterocycles. The van der Waals surface area contributed by atoms with Crippen LogP contribution in [-0.4, -0.2) is 11.6 Å². The van der Waals surface area contributed by atoms with E-state index in [-0.39, 0.29) is 16.3 Å². The van der Waals surface area contributed by atoms with Crippen LogP contribution in [0.4, 0.5) is 8.78 Å². The lowest BCUT2D eigenvalue weighted by Gasteiger charge is -2.05. The number of aromatic nitrogens is 1. The molecule has 1 aromatic rings. The molecule has 0 aliphatic rings. The minimum atomic E-state index is -2.93. The largest absolute Gasteiger partial charge is 0.433 e. The molecule has 0 spiro atoms. The van der Waals surface area contributed by atoms with Gasteiger partial charge in [0.15, 0.2) is 0 Å². The summed E-state index contributed by atoms with van der Waals surface area (Å²) in [6.45, 7) is -2.93. The van der Waals surface area contributed by atoms with E-state index in [4.69, 9.17) is 5.26 Å². The SMILES string of the molecule is N#Cc1cc(OC(F)F)c(S)cn1. The molecule has 0 N–H and O–H groups in total. The first-order valence-electron chi connectivity index (χ1n) is 3.17. The van der Waals surface area contributed by atoms with E-state index in [1.165, 1.54) is 6.20 Å². The molecule has 0 fully saturated rings. The number of hydrogen-bond acceptors (Lipinski definition) is 4. The highest BCUT2D eigenvalue weighted by molar-refractivity contribution is 7.80. The first-order chi connectivity index (χ1) is 6.13. The van der Waals surface area contributed by atoms with Gasteiger partial charge in [-0.15, -0.1) is 12.6 Å². The number of nitriles is 1. The van der Waals surface area contributed by atoms with Crippen LogP contribution in [0.2, 0.25) is 0 Å². The molecule has 0 radical (unpaired) electrons. The number of thiol groups is 1. The van der Waals surface area contributed by atoms with Crippen molar-refractivity contribution >= 4 is 12.6 Å². The average molecular weight is 202 g/mol. The Labute approximate surface area is 78.4 Å². The molecule has 0 unspecified atom stereocenters. The molecule has 68 valence electrons. The van der Waals surface area contributed by atoms with Crippen LogP contribution in [0, 0.1) is 11.3 Å². The maximum absolute atomic E-state index is 11.8. The zero-order valence-corrected chi connectivity index (χ0v) is 7.13. The molecule has 0 bridgehead atoms. The number of ether oxygens (including phenoxy) is 1. The van der Waals surface area contributed by atoms with Crippen LogP contribution >= 0.6 is 12.6 Å². The van der Waals surface area contributed by atoms with E-state index >= 15 is 0 Å². The smallest absolute Gasteiger partial charge is 0.387 e. The summed E-state index contributed by atoms with van der Waals surface area (Å²) in [6.07, 6.45) is 1.18. The summed E-state index contributed by atoms with van der Waals surface area (Å²) in [5.74, 6) is -0.148. The third kappa shape index (κ3) is 2.56. The Morgan fingerprint density at radius 3 is 2.85 bits per heavy atom. The first-order valence-corrected chi connectivity index (χ1v) is 3.62. The van der Waals surface area contributed by atoms with Crippen molar-refractivity contribution in [1.29, 1.82) is 5.26 Å². The molecule has 0 aliphatic heterocycles. The Hall–Kier alpha value is -1.35. The van der Waals surface area contributed by atoms with Gasteiger partial charge in [0.1, 0.15) is 17.5 Å². The summed E-state index contributed by atoms with van der Waals surface area (Å²) >= 11 is 3.83. The second-order valence-corrected chi connectivity index (χ2v) is 2.51. The third-order valence-corrected chi connectivity index (χ3v) is 1.51. The minimum Gasteiger partial charge on any atom is -0.433 e. The van der Waals surface area contributed by atoms with Gasteiger partial charge >= 0.3 is 6.61 Å². The van der Waals surface area contributed by atoms with E-state index in [1.54, 1.807) is 6.07 Å². The summed E-state index contributed by atoms with van der Waals surface area (Å²) < 4.78 is 27.6. The number of alkyl halides is 2. The topological polar surface area (TPSA) is 45.9 Å². The maximum Gasteiger partial charge on any atom is 0.387 e. The normalized spacial score (nSPS) is 9.77. The number of halogens is 2. The molecule has 0 saturated heterocycles. The second-order valence-electron chi connectivity index (χ2n) is 2.03. The lowest BCUT2D eigenvalue weighted by Crippen LogP contribution is -2.03. The molecule has 0 atom stereocenters. The van der Waals surface area contributed by atoms with Gasteiger partial charge in [-0.3, -0.25) is 0 Å². The molecular formula is C7H4F2N2OS. The highest BCUT2D eigenvalue weighted by Crippen LogP contribution is 2.23. The molecule has 0 saturated carbocycles. The molecule has 1 rings (SSSR count).